The van der Waals surface area contributed by atoms with Crippen LogP contribution >= 0.6 is 0 Å². The smallest absolute Gasteiger partial charge is 0.317 e. The van der Waals surface area contributed by atoms with Crippen molar-refractivity contribution in [3.8, 4) is 0 Å². The lowest BCUT2D eigenvalue weighted by Gasteiger charge is -2.24. The van der Waals surface area contributed by atoms with Gasteiger partial charge in [-0.25, -0.2) is 9.18 Å². The van der Waals surface area contributed by atoms with Crippen LogP contribution in [-0.4, -0.2) is 41.1 Å². The van der Waals surface area contributed by atoms with Gasteiger partial charge in [-0.1, -0.05) is 24.6 Å². The molecule has 3 rings (SSSR count). The van der Waals surface area contributed by atoms with Crippen molar-refractivity contribution in [1.82, 2.24) is 10.2 Å². The van der Waals surface area contributed by atoms with E-state index in [1.807, 2.05) is 6.92 Å². The molecule has 1 heterocycles. The van der Waals surface area contributed by atoms with Crippen LogP contribution in [0.5, 0.6) is 0 Å². The summed E-state index contributed by atoms with van der Waals surface area (Å²) in [5, 5.41) is 12.5. The molecule has 1 aliphatic heterocycles. The van der Waals surface area contributed by atoms with Crippen molar-refractivity contribution in [2.24, 2.45) is 11.3 Å². The maximum Gasteiger partial charge on any atom is 0.317 e. The first-order valence-electron chi connectivity index (χ1n) is 8.44. The monoisotopic (exact) mass is 334 g/mol. The number of carboxylic acid groups (broad SMARTS) is 1. The van der Waals surface area contributed by atoms with Crippen LogP contribution in [0.15, 0.2) is 24.3 Å². The summed E-state index contributed by atoms with van der Waals surface area (Å²) in [5.74, 6) is -1.03. The molecule has 1 aliphatic carbocycles. The number of likely N-dealkylation sites (tertiary alicyclic amines) is 1. The van der Waals surface area contributed by atoms with E-state index in [9.17, 15) is 19.1 Å². The van der Waals surface area contributed by atoms with Gasteiger partial charge >= 0.3 is 12.0 Å². The molecular formula is C18H23FN2O3. The topological polar surface area (TPSA) is 69.6 Å². The Balaban J connectivity index is 1.60. The minimum Gasteiger partial charge on any atom is -0.481 e. The third-order valence-electron chi connectivity index (χ3n) is 5.44. The number of nitrogens with one attached hydrogen (secondary N) is 1. The molecule has 0 aromatic heterocycles. The second kappa shape index (κ2) is 6.42. The Kier molecular flexibility index (Phi) is 4.47. The fourth-order valence-electron chi connectivity index (χ4n) is 4.14. The van der Waals surface area contributed by atoms with Crippen LogP contribution in [-0.2, 0) is 11.2 Å². The third-order valence-corrected chi connectivity index (χ3v) is 5.44. The van der Waals surface area contributed by atoms with Gasteiger partial charge in [-0.15, -0.1) is 0 Å². The van der Waals surface area contributed by atoms with Crippen LogP contribution in [0, 0.1) is 17.2 Å². The van der Waals surface area contributed by atoms with Gasteiger partial charge in [0, 0.05) is 19.1 Å². The molecule has 3 atom stereocenters. The lowest BCUT2D eigenvalue weighted by atomic mass is 9.81. The average Bonchev–Trinajstić information content (AvgIpc) is 3.07. The van der Waals surface area contributed by atoms with Crippen molar-refractivity contribution < 1.29 is 19.1 Å². The van der Waals surface area contributed by atoms with E-state index in [2.05, 4.69) is 5.32 Å². The number of nitrogens with zero attached hydrogens (tertiary/aromatic N) is 1. The van der Waals surface area contributed by atoms with Crippen LogP contribution in [0.3, 0.4) is 0 Å². The van der Waals surface area contributed by atoms with Crippen molar-refractivity contribution in [3.63, 3.8) is 0 Å². The van der Waals surface area contributed by atoms with Gasteiger partial charge in [0.2, 0.25) is 0 Å². The fraction of sp³-hybridized carbons (Fsp3) is 0.556. The molecule has 2 amide bonds. The number of amides is 2. The number of hydrogen-bond donors (Lipinski definition) is 2. The fourth-order valence-corrected chi connectivity index (χ4v) is 4.14. The van der Waals surface area contributed by atoms with E-state index in [-0.39, 0.29) is 30.4 Å². The maximum absolute atomic E-state index is 13.7. The second-order valence-corrected chi connectivity index (χ2v) is 7.08. The zero-order chi connectivity index (χ0) is 17.3. The molecular weight excluding hydrogens is 311 g/mol. The first-order valence-corrected chi connectivity index (χ1v) is 8.44. The molecule has 5 nitrogen and oxygen atoms in total. The predicted molar refractivity (Wildman–Crippen MR) is 87.1 cm³/mol. The Morgan fingerprint density at radius 3 is 2.88 bits per heavy atom. The predicted octanol–water partition coefficient (Wildman–Crippen LogP) is 2.65. The van der Waals surface area contributed by atoms with Gasteiger partial charge in [0.15, 0.2) is 0 Å². The summed E-state index contributed by atoms with van der Waals surface area (Å²) < 4.78 is 13.7. The summed E-state index contributed by atoms with van der Waals surface area (Å²) in [6.07, 6.45) is 2.82. The largest absolute Gasteiger partial charge is 0.481 e. The Labute approximate surface area is 140 Å². The molecule has 0 bridgehead atoms. The molecule has 0 spiro atoms. The maximum atomic E-state index is 13.7. The Bertz CT molecular complexity index is 651. The Morgan fingerprint density at radius 1 is 1.46 bits per heavy atom. The summed E-state index contributed by atoms with van der Waals surface area (Å²) in [6, 6.07) is 6.03. The molecule has 6 heteroatoms. The molecule has 0 radical (unpaired) electrons. The van der Waals surface area contributed by atoms with E-state index in [0.717, 1.165) is 12.8 Å². The van der Waals surface area contributed by atoms with Gasteiger partial charge < -0.3 is 15.3 Å². The molecule has 1 saturated heterocycles. The normalized spacial score (nSPS) is 26.9. The van der Waals surface area contributed by atoms with Crippen molar-refractivity contribution >= 4 is 12.0 Å². The number of hydrogen-bond acceptors (Lipinski definition) is 2. The lowest BCUT2D eigenvalue weighted by Crippen LogP contribution is -2.45. The van der Waals surface area contributed by atoms with Crippen LogP contribution < -0.4 is 5.32 Å². The van der Waals surface area contributed by atoms with E-state index >= 15 is 0 Å². The highest BCUT2D eigenvalue weighted by atomic mass is 19.1. The Morgan fingerprint density at radius 2 is 2.21 bits per heavy atom. The highest BCUT2D eigenvalue weighted by molar-refractivity contribution is 5.80. The highest BCUT2D eigenvalue weighted by Crippen LogP contribution is 2.48. The number of carboxylic acids is 1. The summed E-state index contributed by atoms with van der Waals surface area (Å²) in [6.45, 7) is 2.59. The number of fused-ring (bicyclic) bond motifs is 1. The van der Waals surface area contributed by atoms with Crippen LogP contribution in [0.25, 0.3) is 0 Å². The minimum absolute atomic E-state index is 0.0441. The molecule has 2 aliphatic rings. The molecule has 1 aromatic rings. The van der Waals surface area contributed by atoms with E-state index in [1.165, 1.54) is 6.07 Å². The quantitative estimate of drug-likeness (QED) is 0.889. The first kappa shape index (κ1) is 16.7. The van der Waals surface area contributed by atoms with Crippen molar-refractivity contribution in [2.45, 2.75) is 38.6 Å². The molecule has 2 fully saturated rings. The zero-order valence-corrected chi connectivity index (χ0v) is 13.8. The van der Waals surface area contributed by atoms with Gasteiger partial charge in [-0.05, 0) is 43.7 Å². The van der Waals surface area contributed by atoms with Crippen LogP contribution in [0.4, 0.5) is 9.18 Å². The van der Waals surface area contributed by atoms with Crippen molar-refractivity contribution in [1.29, 1.82) is 0 Å². The van der Waals surface area contributed by atoms with Gasteiger partial charge in [-0.3, -0.25) is 4.79 Å². The van der Waals surface area contributed by atoms with E-state index < -0.39 is 11.4 Å². The molecule has 1 saturated carbocycles. The van der Waals surface area contributed by atoms with E-state index in [1.54, 1.807) is 23.1 Å². The number of carbonyl (C=O) groups is 2. The number of halogens is 1. The summed E-state index contributed by atoms with van der Waals surface area (Å²) >= 11 is 0. The lowest BCUT2D eigenvalue weighted by molar-refractivity contribution is -0.149. The number of rotatable bonds is 4. The van der Waals surface area contributed by atoms with Crippen molar-refractivity contribution in [2.75, 3.05) is 13.1 Å². The molecule has 24 heavy (non-hydrogen) atoms. The van der Waals surface area contributed by atoms with Crippen LogP contribution in [0.1, 0.15) is 31.7 Å². The summed E-state index contributed by atoms with van der Waals surface area (Å²) in [7, 11) is 0. The van der Waals surface area contributed by atoms with Gasteiger partial charge in [0.05, 0.1) is 5.41 Å². The summed E-state index contributed by atoms with van der Waals surface area (Å²) in [4.78, 5) is 25.7. The standard InChI is InChI=1S/C18H23FN2O3/c1-12(9-13-5-2-3-7-15(13)19)20-17(24)21-10-14-6-4-8-18(14,11-21)16(22)23/h2-3,5,7,12,14H,4,6,8-11H2,1H3,(H,20,24)(H,22,23)/t12?,14-,18+/m0/s1. The number of carbonyl (C=O) groups excluding carboxylic acids is 1. The minimum atomic E-state index is -0.792. The molecule has 130 valence electrons. The first-order chi connectivity index (χ1) is 11.4. The summed E-state index contributed by atoms with van der Waals surface area (Å²) in [5.41, 5.74) is -0.211. The number of benzene rings is 1. The number of urea groups is 1. The van der Waals surface area contributed by atoms with Crippen molar-refractivity contribution in [3.05, 3.63) is 35.6 Å². The van der Waals surface area contributed by atoms with E-state index in [0.29, 0.717) is 24.9 Å². The average molecular weight is 334 g/mol. The Hall–Kier alpha value is -2.11. The third kappa shape index (κ3) is 2.97. The van der Waals surface area contributed by atoms with Crippen LogP contribution in [0.2, 0.25) is 0 Å². The molecule has 1 unspecified atom stereocenters. The van der Waals surface area contributed by atoms with Gasteiger partial charge in [0.1, 0.15) is 5.82 Å². The number of aliphatic carboxylic acids is 1. The van der Waals surface area contributed by atoms with E-state index in [4.69, 9.17) is 0 Å². The molecule has 1 aromatic carbocycles. The SMILES string of the molecule is CC(Cc1ccccc1F)NC(=O)N1C[C@@H]2CCC[C@@]2(C(=O)O)C1. The van der Waals surface area contributed by atoms with Gasteiger partial charge in [0.25, 0.3) is 0 Å². The molecule has 2 N–H and O–H groups in total. The van der Waals surface area contributed by atoms with Gasteiger partial charge in [-0.2, -0.15) is 0 Å². The highest BCUT2D eigenvalue weighted by Gasteiger charge is 2.55. The zero-order valence-electron chi connectivity index (χ0n) is 13.8. The second-order valence-electron chi connectivity index (χ2n) is 7.08.